The molecule has 0 heterocycles. The Bertz CT molecular complexity index is 712. The maximum atomic E-state index is 12.2. The van der Waals surface area contributed by atoms with E-state index < -0.39 is 26.7 Å². The topological polar surface area (TPSA) is 92.3 Å². The Morgan fingerprint density at radius 1 is 1.17 bits per heavy atom. The summed E-state index contributed by atoms with van der Waals surface area (Å²) >= 11 is 3.29. The maximum absolute atomic E-state index is 12.2. The fourth-order valence-corrected chi connectivity index (χ4v) is 4.74. The van der Waals surface area contributed by atoms with Crippen LogP contribution >= 0.6 is 15.9 Å². The fourth-order valence-electron chi connectivity index (χ4n) is 2.65. The van der Waals surface area contributed by atoms with Crippen LogP contribution in [0.15, 0.2) is 22.7 Å². The molecule has 0 bridgehead atoms. The first-order valence-corrected chi connectivity index (χ1v) is 9.87. The second-order valence-corrected chi connectivity index (χ2v) is 8.83. The van der Waals surface area contributed by atoms with Crippen molar-refractivity contribution in [1.82, 2.24) is 0 Å². The van der Waals surface area contributed by atoms with Crippen molar-refractivity contribution in [3.8, 4) is 0 Å². The van der Waals surface area contributed by atoms with Crippen molar-refractivity contribution in [2.75, 3.05) is 16.4 Å². The summed E-state index contributed by atoms with van der Waals surface area (Å²) in [7, 11) is -3.44. The molecule has 1 aliphatic rings. The molecule has 0 saturated heterocycles. The first kappa shape index (κ1) is 17.9. The molecule has 1 aromatic carbocycles. The number of nitrogens with one attached hydrogen (secondary N) is 2. The number of hydrogen-bond donors (Lipinski definition) is 2. The molecule has 6 nitrogen and oxygen atoms in total. The van der Waals surface area contributed by atoms with Gasteiger partial charge in [-0.1, -0.05) is 28.8 Å². The first-order chi connectivity index (χ1) is 10.8. The third-order valence-electron chi connectivity index (χ3n) is 3.71. The normalized spacial score (nSPS) is 15.4. The number of hydrogen-bond acceptors (Lipinski definition) is 4. The quantitative estimate of drug-likeness (QED) is 0.791. The fraction of sp³-hybridized carbons (Fsp3) is 0.467. The van der Waals surface area contributed by atoms with Gasteiger partial charge in [-0.25, -0.2) is 8.42 Å². The van der Waals surface area contributed by atoms with Crippen LogP contribution in [0, 0.1) is 0 Å². The number of anilines is 2. The zero-order valence-electron chi connectivity index (χ0n) is 12.8. The predicted octanol–water partition coefficient (Wildman–Crippen LogP) is 2.70. The van der Waals surface area contributed by atoms with Crippen molar-refractivity contribution in [1.29, 1.82) is 0 Å². The number of sulfone groups is 1. The van der Waals surface area contributed by atoms with E-state index in [4.69, 9.17) is 0 Å². The standard InChI is InChI=1S/C15H19BrN2O4S/c1-10(19)17-13-7-6-11(16)8-14(13)18-15(20)9-23(21,22)12-4-2-3-5-12/h6-8,12H,2-5,9H2,1H3,(H,17,19)(H,18,20). The summed E-state index contributed by atoms with van der Waals surface area (Å²) in [5.41, 5.74) is 0.786. The van der Waals surface area contributed by atoms with Gasteiger partial charge in [0.1, 0.15) is 5.75 Å². The molecule has 0 aromatic heterocycles. The molecular weight excluding hydrogens is 384 g/mol. The zero-order chi connectivity index (χ0) is 17.0. The highest BCUT2D eigenvalue weighted by Gasteiger charge is 2.30. The van der Waals surface area contributed by atoms with Crippen molar-refractivity contribution in [2.45, 2.75) is 37.9 Å². The van der Waals surface area contributed by atoms with E-state index in [1.165, 1.54) is 6.92 Å². The van der Waals surface area contributed by atoms with E-state index in [1.807, 2.05) is 0 Å². The minimum absolute atomic E-state index is 0.276. The average molecular weight is 403 g/mol. The van der Waals surface area contributed by atoms with Crippen LogP contribution in [0.5, 0.6) is 0 Å². The van der Waals surface area contributed by atoms with Gasteiger partial charge in [-0.3, -0.25) is 9.59 Å². The summed E-state index contributed by atoms with van der Waals surface area (Å²) in [6, 6.07) is 4.97. The van der Waals surface area contributed by atoms with Crippen molar-refractivity contribution in [3.63, 3.8) is 0 Å². The second-order valence-electron chi connectivity index (χ2n) is 5.63. The molecule has 126 valence electrons. The van der Waals surface area contributed by atoms with Gasteiger partial charge in [0, 0.05) is 11.4 Å². The van der Waals surface area contributed by atoms with Gasteiger partial charge in [-0.05, 0) is 31.0 Å². The van der Waals surface area contributed by atoms with Crippen molar-refractivity contribution < 1.29 is 18.0 Å². The van der Waals surface area contributed by atoms with Gasteiger partial charge < -0.3 is 10.6 Å². The molecule has 23 heavy (non-hydrogen) atoms. The number of rotatable bonds is 5. The van der Waals surface area contributed by atoms with E-state index in [2.05, 4.69) is 26.6 Å². The van der Waals surface area contributed by atoms with E-state index >= 15 is 0 Å². The Balaban J connectivity index is 2.10. The summed E-state index contributed by atoms with van der Waals surface area (Å²) in [5, 5.41) is 4.76. The molecule has 1 fully saturated rings. The molecule has 0 radical (unpaired) electrons. The van der Waals surface area contributed by atoms with Crippen LogP contribution in [0.3, 0.4) is 0 Å². The molecule has 1 aromatic rings. The van der Waals surface area contributed by atoms with Crippen molar-refractivity contribution in [3.05, 3.63) is 22.7 Å². The van der Waals surface area contributed by atoms with Gasteiger partial charge in [0.2, 0.25) is 11.8 Å². The summed E-state index contributed by atoms with van der Waals surface area (Å²) in [5.74, 6) is -1.41. The Morgan fingerprint density at radius 2 is 1.83 bits per heavy atom. The van der Waals surface area contributed by atoms with Gasteiger partial charge in [0.05, 0.1) is 16.6 Å². The Hall–Kier alpha value is -1.41. The van der Waals surface area contributed by atoms with Gasteiger partial charge in [0.25, 0.3) is 0 Å². The first-order valence-electron chi connectivity index (χ1n) is 7.36. The maximum Gasteiger partial charge on any atom is 0.239 e. The lowest BCUT2D eigenvalue weighted by Gasteiger charge is -2.14. The number of benzene rings is 1. The Labute approximate surface area is 144 Å². The van der Waals surface area contributed by atoms with Crippen LogP contribution in [0.25, 0.3) is 0 Å². The Morgan fingerprint density at radius 3 is 2.43 bits per heavy atom. The van der Waals surface area contributed by atoms with Gasteiger partial charge in [-0.15, -0.1) is 0 Å². The van der Waals surface area contributed by atoms with Crippen molar-refractivity contribution >= 4 is 49.0 Å². The monoisotopic (exact) mass is 402 g/mol. The minimum Gasteiger partial charge on any atom is -0.325 e. The zero-order valence-corrected chi connectivity index (χ0v) is 15.2. The van der Waals surface area contributed by atoms with Crippen LogP contribution in [-0.4, -0.2) is 31.2 Å². The molecule has 0 unspecified atom stereocenters. The summed E-state index contributed by atoms with van der Waals surface area (Å²) < 4.78 is 25.2. The molecule has 8 heteroatoms. The van der Waals surface area contributed by atoms with Crippen molar-refractivity contribution in [2.24, 2.45) is 0 Å². The SMILES string of the molecule is CC(=O)Nc1ccc(Br)cc1NC(=O)CS(=O)(=O)C1CCCC1. The van der Waals surface area contributed by atoms with E-state index in [0.29, 0.717) is 28.7 Å². The van der Waals surface area contributed by atoms with Crippen LogP contribution in [0.2, 0.25) is 0 Å². The molecule has 0 atom stereocenters. The number of carbonyl (C=O) groups excluding carboxylic acids is 2. The average Bonchev–Trinajstić information content (AvgIpc) is 2.95. The van der Waals surface area contributed by atoms with E-state index in [1.54, 1.807) is 18.2 Å². The van der Waals surface area contributed by atoms with E-state index in [-0.39, 0.29) is 5.91 Å². The third-order valence-corrected chi connectivity index (χ3v) is 6.35. The smallest absolute Gasteiger partial charge is 0.239 e. The second kappa shape index (κ2) is 7.44. The minimum atomic E-state index is -3.44. The molecular formula is C15H19BrN2O4S. The Kier molecular flexibility index (Phi) is 5.80. The molecule has 1 saturated carbocycles. The molecule has 2 amide bonds. The third kappa shape index (κ3) is 5.04. The highest BCUT2D eigenvalue weighted by molar-refractivity contribution is 9.10. The number of carbonyl (C=O) groups is 2. The number of amides is 2. The number of halogens is 1. The predicted molar refractivity (Wildman–Crippen MR) is 93.1 cm³/mol. The van der Waals surface area contributed by atoms with Gasteiger partial charge >= 0.3 is 0 Å². The van der Waals surface area contributed by atoms with Crippen LogP contribution in [0.4, 0.5) is 11.4 Å². The van der Waals surface area contributed by atoms with Gasteiger partial charge in [0.15, 0.2) is 9.84 Å². The van der Waals surface area contributed by atoms with Gasteiger partial charge in [-0.2, -0.15) is 0 Å². The van der Waals surface area contributed by atoms with Crippen LogP contribution < -0.4 is 10.6 Å². The largest absolute Gasteiger partial charge is 0.325 e. The molecule has 1 aliphatic carbocycles. The molecule has 0 aliphatic heterocycles. The summed E-state index contributed by atoms with van der Waals surface area (Å²) in [6.45, 7) is 1.36. The summed E-state index contributed by atoms with van der Waals surface area (Å²) in [6.07, 6.45) is 3.04. The highest BCUT2D eigenvalue weighted by Crippen LogP contribution is 2.27. The lowest BCUT2D eigenvalue weighted by Crippen LogP contribution is -2.29. The highest BCUT2D eigenvalue weighted by atomic mass is 79.9. The molecule has 0 spiro atoms. The van der Waals surface area contributed by atoms with E-state index in [9.17, 15) is 18.0 Å². The molecule has 2 N–H and O–H groups in total. The lowest BCUT2D eigenvalue weighted by atomic mass is 10.2. The molecule has 2 rings (SSSR count). The van der Waals surface area contributed by atoms with Crippen LogP contribution in [0.1, 0.15) is 32.6 Å². The van der Waals surface area contributed by atoms with Crippen LogP contribution in [-0.2, 0) is 19.4 Å². The van der Waals surface area contributed by atoms with E-state index in [0.717, 1.165) is 12.8 Å². The lowest BCUT2D eigenvalue weighted by molar-refractivity contribution is -0.115. The summed E-state index contributed by atoms with van der Waals surface area (Å²) in [4.78, 5) is 23.3.